The van der Waals surface area contributed by atoms with Crippen LogP contribution in [0.2, 0.25) is 0 Å². The van der Waals surface area contributed by atoms with E-state index < -0.39 is 24.2 Å². The maximum absolute atomic E-state index is 13.8. The highest BCUT2D eigenvalue weighted by atomic mass is 19.1. The Kier molecular flexibility index (Phi) is 17.2. The van der Waals surface area contributed by atoms with Crippen LogP contribution in [0.15, 0.2) is 109 Å². The van der Waals surface area contributed by atoms with E-state index in [1.165, 1.54) is 12.1 Å². The molecule has 0 saturated heterocycles. The summed E-state index contributed by atoms with van der Waals surface area (Å²) in [6, 6.07) is 32.3. The molecular formula is C51H57FN2O9. The molecule has 2 atom stereocenters. The van der Waals surface area contributed by atoms with E-state index >= 15 is 0 Å². The molecule has 63 heavy (non-hydrogen) atoms. The summed E-state index contributed by atoms with van der Waals surface area (Å²) in [4.78, 5) is 37.3. The number of hydrogen-bond acceptors (Lipinski definition) is 8. The molecule has 11 nitrogen and oxygen atoms in total. The van der Waals surface area contributed by atoms with Crippen LogP contribution in [0.3, 0.4) is 0 Å². The van der Waals surface area contributed by atoms with E-state index in [4.69, 9.17) is 23.7 Å². The SMILES string of the molecule is CCCc1c(OCCCOc2cc(OCc3ccccc3)c(-c3ccc(F)cc3)cc2CC)ccc2c1OC(C(=O)NCCCCC(NC(=O)OCc1ccccc1)C(=O)O)CC2. The van der Waals surface area contributed by atoms with Crippen LogP contribution in [0.1, 0.15) is 80.2 Å². The molecule has 332 valence electrons. The number of carbonyl (C=O) groups is 3. The molecule has 2 unspecified atom stereocenters. The van der Waals surface area contributed by atoms with E-state index in [-0.39, 0.29) is 24.8 Å². The highest BCUT2D eigenvalue weighted by molar-refractivity contribution is 5.82. The van der Waals surface area contributed by atoms with Crippen molar-refractivity contribution < 1.29 is 47.6 Å². The number of carboxylic acid groups (broad SMARTS) is 1. The van der Waals surface area contributed by atoms with Gasteiger partial charge in [0.1, 0.15) is 48.1 Å². The minimum absolute atomic E-state index is 0.0374. The topological polar surface area (TPSA) is 142 Å². The second-order valence-electron chi connectivity index (χ2n) is 15.5. The molecule has 0 aliphatic carbocycles. The van der Waals surface area contributed by atoms with Crippen molar-refractivity contribution in [2.75, 3.05) is 19.8 Å². The van der Waals surface area contributed by atoms with Crippen molar-refractivity contribution in [2.24, 2.45) is 0 Å². The van der Waals surface area contributed by atoms with E-state index in [0.717, 1.165) is 63.3 Å². The molecule has 1 aliphatic rings. The number of carboxylic acids is 1. The van der Waals surface area contributed by atoms with Gasteiger partial charge in [-0.1, -0.05) is 99.1 Å². The molecular weight excluding hydrogens is 804 g/mol. The molecule has 5 aromatic carbocycles. The van der Waals surface area contributed by atoms with Crippen molar-refractivity contribution in [1.82, 2.24) is 10.6 Å². The summed E-state index contributed by atoms with van der Waals surface area (Å²) in [7, 11) is 0. The van der Waals surface area contributed by atoms with Crippen LogP contribution in [0.25, 0.3) is 11.1 Å². The highest BCUT2D eigenvalue weighted by Gasteiger charge is 2.29. The number of benzene rings is 5. The monoisotopic (exact) mass is 860 g/mol. The van der Waals surface area contributed by atoms with Crippen molar-refractivity contribution in [1.29, 1.82) is 0 Å². The molecule has 0 fully saturated rings. The van der Waals surface area contributed by atoms with Crippen LogP contribution in [0.5, 0.6) is 23.0 Å². The van der Waals surface area contributed by atoms with Gasteiger partial charge in [0.2, 0.25) is 0 Å². The zero-order valence-electron chi connectivity index (χ0n) is 36.0. The Morgan fingerprint density at radius 3 is 2.17 bits per heavy atom. The molecule has 2 amide bonds. The van der Waals surface area contributed by atoms with Crippen molar-refractivity contribution >= 4 is 18.0 Å². The van der Waals surface area contributed by atoms with Crippen LogP contribution in [-0.2, 0) is 46.8 Å². The fourth-order valence-corrected chi connectivity index (χ4v) is 7.41. The van der Waals surface area contributed by atoms with E-state index in [2.05, 4.69) is 30.5 Å². The van der Waals surface area contributed by atoms with Crippen molar-refractivity contribution in [3.63, 3.8) is 0 Å². The van der Waals surface area contributed by atoms with Crippen LogP contribution < -0.4 is 29.6 Å². The first-order valence-corrected chi connectivity index (χ1v) is 21.9. The van der Waals surface area contributed by atoms with Gasteiger partial charge >= 0.3 is 12.1 Å². The molecule has 1 heterocycles. The number of fused-ring (bicyclic) bond motifs is 1. The smallest absolute Gasteiger partial charge is 0.408 e. The van der Waals surface area contributed by atoms with E-state index in [1.54, 1.807) is 12.1 Å². The van der Waals surface area contributed by atoms with Crippen LogP contribution in [0.4, 0.5) is 9.18 Å². The van der Waals surface area contributed by atoms with Gasteiger partial charge in [-0.3, -0.25) is 4.79 Å². The zero-order valence-corrected chi connectivity index (χ0v) is 36.0. The summed E-state index contributed by atoms with van der Waals surface area (Å²) in [6.07, 6.45) is 3.82. The number of aryl methyl sites for hydroxylation is 2. The molecule has 6 rings (SSSR count). The fourth-order valence-electron chi connectivity index (χ4n) is 7.41. The van der Waals surface area contributed by atoms with Crippen molar-refractivity contribution in [3.05, 3.63) is 143 Å². The summed E-state index contributed by atoms with van der Waals surface area (Å²) in [5.74, 6) is 1.11. The van der Waals surface area contributed by atoms with Gasteiger partial charge in [-0.15, -0.1) is 0 Å². The second-order valence-corrected chi connectivity index (χ2v) is 15.5. The Morgan fingerprint density at radius 2 is 1.49 bits per heavy atom. The summed E-state index contributed by atoms with van der Waals surface area (Å²) in [5.41, 5.74) is 6.53. The van der Waals surface area contributed by atoms with Gasteiger partial charge in [0.05, 0.1) is 13.2 Å². The van der Waals surface area contributed by atoms with Crippen LogP contribution in [-0.4, -0.2) is 55.0 Å². The van der Waals surface area contributed by atoms with Gasteiger partial charge in [0.15, 0.2) is 6.10 Å². The van der Waals surface area contributed by atoms with Gasteiger partial charge in [-0.2, -0.15) is 0 Å². The number of amides is 2. The average molecular weight is 861 g/mol. The van der Waals surface area contributed by atoms with Gasteiger partial charge in [-0.25, -0.2) is 14.0 Å². The lowest BCUT2D eigenvalue weighted by Crippen LogP contribution is -2.42. The van der Waals surface area contributed by atoms with E-state index in [1.807, 2.05) is 78.9 Å². The van der Waals surface area contributed by atoms with E-state index in [9.17, 15) is 23.9 Å². The lowest BCUT2D eigenvalue weighted by atomic mass is 9.96. The summed E-state index contributed by atoms with van der Waals surface area (Å²) >= 11 is 0. The van der Waals surface area contributed by atoms with Crippen molar-refractivity contribution in [3.8, 4) is 34.1 Å². The first kappa shape index (κ1) is 46.0. The molecule has 12 heteroatoms. The summed E-state index contributed by atoms with van der Waals surface area (Å²) in [6.45, 7) is 5.71. The Balaban J connectivity index is 0.987. The molecule has 1 aliphatic heterocycles. The number of ether oxygens (including phenoxy) is 5. The lowest BCUT2D eigenvalue weighted by Gasteiger charge is -2.28. The molecule has 3 N–H and O–H groups in total. The number of hydrogen-bond donors (Lipinski definition) is 3. The summed E-state index contributed by atoms with van der Waals surface area (Å²) < 4.78 is 44.4. The molecule has 0 bridgehead atoms. The molecule has 0 saturated carbocycles. The first-order valence-electron chi connectivity index (χ1n) is 21.9. The minimum Gasteiger partial charge on any atom is -0.493 e. The Labute approximate surface area is 368 Å². The Hall–Kier alpha value is -6.56. The number of halogens is 1. The lowest BCUT2D eigenvalue weighted by molar-refractivity contribution is -0.139. The normalized spacial score (nSPS) is 13.5. The van der Waals surface area contributed by atoms with Gasteiger partial charge in [0.25, 0.3) is 5.91 Å². The van der Waals surface area contributed by atoms with E-state index in [0.29, 0.717) is 76.4 Å². The summed E-state index contributed by atoms with van der Waals surface area (Å²) in [5, 5.41) is 15.0. The maximum Gasteiger partial charge on any atom is 0.408 e. The second kappa shape index (κ2) is 23.6. The third kappa shape index (κ3) is 13.5. The number of unbranched alkanes of at least 4 members (excludes halogenated alkanes) is 1. The quantitative estimate of drug-likeness (QED) is 0.0548. The number of aliphatic carboxylic acids is 1. The maximum atomic E-state index is 13.8. The van der Waals surface area contributed by atoms with Crippen LogP contribution in [0, 0.1) is 5.82 Å². The predicted octanol–water partition coefficient (Wildman–Crippen LogP) is 9.79. The number of rotatable bonds is 23. The molecule has 0 spiro atoms. The first-order chi connectivity index (χ1) is 30.7. The Bertz CT molecular complexity index is 2250. The van der Waals surface area contributed by atoms with Crippen LogP contribution >= 0.6 is 0 Å². The highest BCUT2D eigenvalue weighted by Crippen LogP contribution is 2.39. The fraction of sp³-hybridized carbons (Fsp3) is 0.353. The number of nitrogens with one attached hydrogen (secondary N) is 2. The van der Waals surface area contributed by atoms with Gasteiger partial charge < -0.3 is 39.4 Å². The number of carbonyl (C=O) groups excluding carboxylic acids is 2. The number of alkyl carbamates (subject to hydrolysis) is 1. The van der Waals surface area contributed by atoms with Crippen molar-refractivity contribution in [2.45, 2.75) is 97.0 Å². The van der Waals surface area contributed by atoms with Gasteiger partial charge in [-0.05, 0) is 97.0 Å². The molecule has 0 radical (unpaired) electrons. The molecule has 5 aromatic rings. The third-order valence-electron chi connectivity index (χ3n) is 10.8. The van der Waals surface area contributed by atoms with Gasteiger partial charge in [0, 0.05) is 30.2 Å². The Morgan fingerprint density at radius 1 is 0.794 bits per heavy atom. The predicted molar refractivity (Wildman–Crippen MR) is 239 cm³/mol. The minimum atomic E-state index is -1.15. The zero-order chi connectivity index (χ0) is 44.4. The standard InChI is InChI=1S/C51H57FN2O9/c1-3-14-41-44(59-29-13-30-60-46-32-47(61-33-35-15-7-5-8-16-35)42(31-37(46)4-2)38-20-24-40(52)25-21-38)26-22-39-23-27-45(63-48(39)41)49(55)53-28-12-11-19-43(50(56)57)54-51(58)62-34-36-17-9-6-10-18-36/h5-10,15-18,20-22,24-26,31-32,43,45H,3-4,11-14,19,23,27-30,33-34H2,1-2H3,(H,53,55)(H,54,58)(H,56,57). The molecule has 0 aromatic heterocycles. The average Bonchev–Trinajstić information content (AvgIpc) is 3.30. The largest absolute Gasteiger partial charge is 0.493 e. The third-order valence-corrected chi connectivity index (χ3v) is 10.8.